The standard InChI is InChI=1S/C16H15BrN4O2S/c1-12(20-24(22,23)16-5-3-2-4-15(16)17)13-6-8-14(9-7-13)21-11-18-10-19-21/h2-12,20H,1H3/t12-/m1/s1. The van der Waals surface area contributed by atoms with Gasteiger partial charge in [0.15, 0.2) is 0 Å². The molecule has 124 valence electrons. The van der Waals surface area contributed by atoms with Gasteiger partial charge in [-0.25, -0.2) is 22.8 Å². The first-order valence-corrected chi connectivity index (χ1v) is 9.47. The highest BCUT2D eigenvalue weighted by molar-refractivity contribution is 9.10. The lowest BCUT2D eigenvalue weighted by Crippen LogP contribution is -2.27. The first-order valence-electron chi connectivity index (χ1n) is 7.19. The number of nitrogens with zero attached hydrogens (tertiary/aromatic N) is 3. The third-order valence-electron chi connectivity index (χ3n) is 3.53. The molecule has 1 atom stereocenters. The van der Waals surface area contributed by atoms with Crippen molar-refractivity contribution in [3.05, 3.63) is 71.2 Å². The van der Waals surface area contributed by atoms with Crippen molar-refractivity contribution in [3.8, 4) is 5.69 Å². The monoisotopic (exact) mass is 406 g/mol. The van der Waals surface area contributed by atoms with Crippen LogP contribution in [-0.2, 0) is 10.0 Å². The molecule has 0 saturated carbocycles. The molecule has 1 aromatic heterocycles. The van der Waals surface area contributed by atoms with E-state index < -0.39 is 10.0 Å². The normalized spacial score (nSPS) is 12.9. The van der Waals surface area contributed by atoms with Crippen molar-refractivity contribution in [2.75, 3.05) is 0 Å². The molecule has 0 aliphatic rings. The number of hydrogen-bond donors (Lipinski definition) is 1. The van der Waals surface area contributed by atoms with E-state index in [2.05, 4.69) is 30.7 Å². The van der Waals surface area contributed by atoms with Crippen molar-refractivity contribution in [3.63, 3.8) is 0 Å². The molecule has 3 rings (SSSR count). The molecular formula is C16H15BrN4O2S. The van der Waals surface area contributed by atoms with Gasteiger partial charge >= 0.3 is 0 Å². The van der Waals surface area contributed by atoms with E-state index in [1.165, 1.54) is 6.33 Å². The number of sulfonamides is 1. The summed E-state index contributed by atoms with van der Waals surface area (Å²) in [5.74, 6) is 0. The first kappa shape index (κ1) is 16.8. The Bertz CT molecular complexity index is 925. The van der Waals surface area contributed by atoms with Crippen LogP contribution in [0.4, 0.5) is 0 Å². The molecule has 0 spiro atoms. The van der Waals surface area contributed by atoms with Gasteiger partial charge in [0.1, 0.15) is 12.7 Å². The Kier molecular flexibility index (Phi) is 4.79. The summed E-state index contributed by atoms with van der Waals surface area (Å²) in [6.07, 6.45) is 3.07. The second kappa shape index (κ2) is 6.84. The zero-order valence-corrected chi connectivity index (χ0v) is 15.2. The van der Waals surface area contributed by atoms with Crippen LogP contribution in [0.1, 0.15) is 18.5 Å². The molecule has 0 aliphatic carbocycles. The molecule has 6 nitrogen and oxygen atoms in total. The summed E-state index contributed by atoms with van der Waals surface area (Å²) in [5, 5.41) is 4.06. The lowest BCUT2D eigenvalue weighted by molar-refractivity contribution is 0.566. The van der Waals surface area contributed by atoms with Crippen LogP contribution >= 0.6 is 15.9 Å². The summed E-state index contributed by atoms with van der Waals surface area (Å²) >= 11 is 3.28. The molecule has 1 heterocycles. The lowest BCUT2D eigenvalue weighted by atomic mass is 10.1. The predicted molar refractivity (Wildman–Crippen MR) is 94.2 cm³/mol. The van der Waals surface area contributed by atoms with Gasteiger partial charge in [0.2, 0.25) is 10.0 Å². The quantitative estimate of drug-likeness (QED) is 0.705. The fraction of sp³-hybridized carbons (Fsp3) is 0.125. The van der Waals surface area contributed by atoms with E-state index in [0.717, 1.165) is 11.3 Å². The fourth-order valence-electron chi connectivity index (χ4n) is 2.28. The minimum absolute atomic E-state index is 0.219. The molecule has 0 aliphatic heterocycles. The second-order valence-corrected chi connectivity index (χ2v) is 7.74. The minimum atomic E-state index is -3.62. The fourth-order valence-corrected chi connectivity index (χ4v) is 4.52. The Labute approximate surface area is 148 Å². The van der Waals surface area contributed by atoms with Gasteiger partial charge in [-0.05, 0) is 52.7 Å². The summed E-state index contributed by atoms with van der Waals surface area (Å²) in [5.41, 5.74) is 1.71. The van der Waals surface area contributed by atoms with Gasteiger partial charge in [-0.1, -0.05) is 24.3 Å². The maximum Gasteiger partial charge on any atom is 0.242 e. The summed E-state index contributed by atoms with van der Waals surface area (Å²) in [6, 6.07) is 13.8. The average molecular weight is 407 g/mol. The summed E-state index contributed by atoms with van der Waals surface area (Å²) < 4.78 is 29.9. The highest BCUT2D eigenvalue weighted by atomic mass is 79.9. The van der Waals surface area contributed by atoms with Gasteiger partial charge in [-0.3, -0.25) is 0 Å². The zero-order chi connectivity index (χ0) is 17.2. The third kappa shape index (κ3) is 3.55. The Morgan fingerprint density at radius 1 is 1.12 bits per heavy atom. The van der Waals surface area contributed by atoms with Gasteiger partial charge in [-0.2, -0.15) is 5.10 Å². The molecule has 3 aromatic rings. The van der Waals surface area contributed by atoms with Gasteiger partial charge in [0.25, 0.3) is 0 Å². The molecule has 0 amide bonds. The van der Waals surface area contributed by atoms with Crippen molar-refractivity contribution in [1.82, 2.24) is 19.5 Å². The highest BCUT2D eigenvalue weighted by Gasteiger charge is 2.20. The molecule has 1 N–H and O–H groups in total. The van der Waals surface area contributed by atoms with E-state index in [0.29, 0.717) is 4.47 Å². The second-order valence-electron chi connectivity index (χ2n) is 5.20. The molecule has 0 fully saturated rings. The zero-order valence-electron chi connectivity index (χ0n) is 12.8. The van der Waals surface area contributed by atoms with E-state index in [9.17, 15) is 8.42 Å². The molecule has 2 aromatic carbocycles. The summed E-state index contributed by atoms with van der Waals surface area (Å²) in [4.78, 5) is 4.12. The smallest absolute Gasteiger partial charge is 0.223 e. The highest BCUT2D eigenvalue weighted by Crippen LogP contribution is 2.23. The third-order valence-corrected chi connectivity index (χ3v) is 6.09. The molecule has 8 heteroatoms. The van der Waals surface area contributed by atoms with Crippen molar-refractivity contribution in [2.24, 2.45) is 0 Å². The molecule has 0 bridgehead atoms. The van der Waals surface area contributed by atoms with Crippen LogP contribution in [0.25, 0.3) is 5.69 Å². The molecule has 24 heavy (non-hydrogen) atoms. The molecule has 0 saturated heterocycles. The van der Waals surface area contributed by atoms with E-state index in [1.807, 2.05) is 24.3 Å². The number of hydrogen-bond acceptors (Lipinski definition) is 4. The Balaban J connectivity index is 1.80. The summed E-state index contributed by atoms with van der Waals surface area (Å²) in [7, 11) is -3.62. The van der Waals surface area contributed by atoms with Crippen molar-refractivity contribution < 1.29 is 8.42 Å². The maximum absolute atomic E-state index is 12.5. The maximum atomic E-state index is 12.5. The van der Waals surface area contributed by atoms with Crippen LogP contribution < -0.4 is 4.72 Å². The average Bonchev–Trinajstić information content (AvgIpc) is 3.09. The number of nitrogens with one attached hydrogen (secondary N) is 1. The SMILES string of the molecule is C[C@@H](NS(=O)(=O)c1ccccc1Br)c1ccc(-n2cncn2)cc1. The number of halogens is 1. The van der Waals surface area contributed by atoms with Crippen LogP contribution in [0.3, 0.4) is 0 Å². The Morgan fingerprint density at radius 3 is 2.46 bits per heavy atom. The molecule has 0 radical (unpaired) electrons. The van der Waals surface area contributed by atoms with Crippen molar-refractivity contribution in [2.45, 2.75) is 17.9 Å². The van der Waals surface area contributed by atoms with Crippen LogP contribution in [0.2, 0.25) is 0 Å². The van der Waals surface area contributed by atoms with E-state index in [4.69, 9.17) is 0 Å². The van der Waals surface area contributed by atoms with E-state index >= 15 is 0 Å². The molecular weight excluding hydrogens is 392 g/mol. The van der Waals surface area contributed by atoms with E-state index in [-0.39, 0.29) is 10.9 Å². The number of benzene rings is 2. The summed E-state index contributed by atoms with van der Waals surface area (Å²) in [6.45, 7) is 1.80. The number of aromatic nitrogens is 3. The number of rotatable bonds is 5. The minimum Gasteiger partial charge on any atom is -0.223 e. The van der Waals surface area contributed by atoms with Gasteiger partial charge in [0.05, 0.1) is 10.6 Å². The van der Waals surface area contributed by atoms with Crippen LogP contribution in [0.15, 0.2) is 70.6 Å². The van der Waals surface area contributed by atoms with Gasteiger partial charge < -0.3 is 0 Å². The lowest BCUT2D eigenvalue weighted by Gasteiger charge is -2.16. The first-order chi connectivity index (χ1) is 11.5. The Hall–Kier alpha value is -2.03. The van der Waals surface area contributed by atoms with Gasteiger partial charge in [0, 0.05) is 10.5 Å². The predicted octanol–water partition coefficient (Wildman–Crippen LogP) is 3.07. The van der Waals surface area contributed by atoms with Crippen molar-refractivity contribution in [1.29, 1.82) is 0 Å². The largest absolute Gasteiger partial charge is 0.242 e. The van der Waals surface area contributed by atoms with Crippen LogP contribution in [0.5, 0.6) is 0 Å². The van der Waals surface area contributed by atoms with Crippen molar-refractivity contribution >= 4 is 26.0 Å². The van der Waals surface area contributed by atoms with Crippen LogP contribution in [-0.4, -0.2) is 23.2 Å². The van der Waals surface area contributed by atoms with Gasteiger partial charge in [-0.15, -0.1) is 0 Å². The van der Waals surface area contributed by atoms with Crippen LogP contribution in [0, 0.1) is 0 Å². The molecule has 0 unspecified atom stereocenters. The topological polar surface area (TPSA) is 76.9 Å². The van der Waals surface area contributed by atoms with E-state index in [1.54, 1.807) is 42.2 Å². The Morgan fingerprint density at radius 2 is 1.83 bits per heavy atom.